The number of ether oxygens (including phenoxy) is 2. The van der Waals surface area contributed by atoms with E-state index in [4.69, 9.17) is 9.47 Å². The second-order valence-corrected chi connectivity index (χ2v) is 10.8. The largest absolute Gasteiger partial charge is 0.497 e. The Morgan fingerprint density at radius 2 is 1.74 bits per heavy atom. The van der Waals surface area contributed by atoms with E-state index in [0.29, 0.717) is 24.8 Å². The fourth-order valence-corrected chi connectivity index (χ4v) is 6.00. The van der Waals surface area contributed by atoms with E-state index in [-0.39, 0.29) is 37.2 Å². The van der Waals surface area contributed by atoms with Crippen LogP contribution in [0.3, 0.4) is 0 Å². The molecule has 2 aliphatic rings. The molecule has 228 valence electrons. The summed E-state index contributed by atoms with van der Waals surface area (Å²) in [5.74, 6) is -3.00. The number of methoxy groups -OCH3 is 2. The monoisotopic (exact) mass is 596 g/mol. The molecule has 3 N–H and O–H groups in total. The van der Waals surface area contributed by atoms with Crippen LogP contribution in [0.1, 0.15) is 34.6 Å². The van der Waals surface area contributed by atoms with Gasteiger partial charge in [-0.3, -0.25) is 9.59 Å². The van der Waals surface area contributed by atoms with E-state index in [9.17, 15) is 19.5 Å². The molecule has 1 unspecified atom stereocenters. The number of carbonyl (C=O) groups excluding carboxylic acids is 2. The van der Waals surface area contributed by atoms with Crippen LogP contribution in [0.25, 0.3) is 0 Å². The number of benzene rings is 2. The van der Waals surface area contributed by atoms with Crippen LogP contribution in [-0.2, 0) is 24.2 Å². The van der Waals surface area contributed by atoms with Crippen LogP contribution in [0.15, 0.2) is 47.4 Å². The minimum Gasteiger partial charge on any atom is -0.497 e. The predicted molar refractivity (Wildman–Crippen MR) is 155 cm³/mol. The number of nitrogens with zero attached hydrogens (tertiary/aromatic N) is 2. The van der Waals surface area contributed by atoms with E-state index in [1.165, 1.54) is 17.9 Å². The second kappa shape index (κ2) is 12.4. The van der Waals surface area contributed by atoms with Crippen LogP contribution < -0.4 is 30.6 Å². The third kappa shape index (κ3) is 5.92. The van der Waals surface area contributed by atoms with Gasteiger partial charge in [-0.15, -0.1) is 0 Å². The number of nitrogens with one attached hydrogen (secondary N) is 2. The minimum atomic E-state index is -1.37. The Balaban J connectivity index is 1.44. The maximum absolute atomic E-state index is 15.3. The first-order chi connectivity index (χ1) is 20.6. The number of aryl methyl sites for hydroxylation is 2. The Labute approximate surface area is 247 Å². The molecule has 5 rings (SSSR count). The van der Waals surface area contributed by atoms with Crippen LogP contribution in [0.4, 0.5) is 19.3 Å². The van der Waals surface area contributed by atoms with Gasteiger partial charge in [-0.25, -0.2) is 13.6 Å². The standard InChI is InChI=1S/C31H34F2N4O6/c1-17-8-9-36(10-11-38)30(40)28(17)37-16-23(26-24(32)14-22(43-3)15-25(26)33)27(29(37)39)35-31(41)34-20-6-4-19-13-21(42-2)7-5-18(19)12-20/h5,7-9,13-15,20,23,27,38H,4,6,10-12,16H2,1-3H3,(H2,34,35,41)/t20?,23-,27-/m0/s1. The summed E-state index contributed by atoms with van der Waals surface area (Å²) in [7, 11) is 2.88. The first-order valence-electron chi connectivity index (χ1n) is 14.0. The van der Waals surface area contributed by atoms with Gasteiger partial charge in [0.25, 0.3) is 11.5 Å². The third-order valence-electron chi connectivity index (χ3n) is 8.19. The summed E-state index contributed by atoms with van der Waals surface area (Å²) >= 11 is 0. The smallest absolute Gasteiger partial charge is 0.315 e. The van der Waals surface area contributed by atoms with Crippen LogP contribution in [0.5, 0.6) is 11.5 Å². The van der Waals surface area contributed by atoms with Crippen molar-refractivity contribution in [1.82, 2.24) is 15.2 Å². The van der Waals surface area contributed by atoms with Gasteiger partial charge in [-0.1, -0.05) is 6.07 Å². The zero-order valence-electron chi connectivity index (χ0n) is 24.2. The Bertz CT molecular complexity index is 1590. The summed E-state index contributed by atoms with van der Waals surface area (Å²) in [5, 5.41) is 14.9. The third-order valence-corrected chi connectivity index (χ3v) is 8.19. The van der Waals surface area contributed by atoms with Crippen LogP contribution in [0, 0.1) is 18.6 Å². The lowest BCUT2D eigenvalue weighted by molar-refractivity contribution is -0.118. The number of aliphatic hydroxyl groups excluding tert-OH is 1. The molecule has 0 radical (unpaired) electrons. The molecule has 12 heteroatoms. The highest BCUT2D eigenvalue weighted by atomic mass is 19.1. The highest BCUT2D eigenvalue weighted by Crippen LogP contribution is 2.36. The lowest BCUT2D eigenvalue weighted by Crippen LogP contribution is -2.51. The average Bonchev–Trinajstić information content (AvgIpc) is 3.28. The van der Waals surface area contributed by atoms with E-state index in [1.54, 1.807) is 20.1 Å². The number of rotatable bonds is 8. The van der Waals surface area contributed by atoms with Gasteiger partial charge in [0.1, 0.15) is 34.9 Å². The normalized spacial score (nSPS) is 19.6. The quantitative estimate of drug-likeness (QED) is 0.368. The molecule has 1 aromatic heterocycles. The molecule has 1 aliphatic carbocycles. The van der Waals surface area contributed by atoms with Crippen LogP contribution in [0.2, 0.25) is 0 Å². The van der Waals surface area contributed by atoms with Crippen molar-refractivity contribution in [1.29, 1.82) is 0 Å². The van der Waals surface area contributed by atoms with E-state index >= 15 is 8.78 Å². The molecule has 0 spiro atoms. The molecular formula is C31H34F2N4O6. The summed E-state index contributed by atoms with van der Waals surface area (Å²) in [4.78, 5) is 41.6. The number of fused-ring (bicyclic) bond motifs is 1. The Morgan fingerprint density at radius 1 is 1.02 bits per heavy atom. The molecule has 3 aromatic rings. The summed E-state index contributed by atoms with van der Waals surface area (Å²) in [6.07, 6.45) is 3.43. The van der Waals surface area contributed by atoms with Crippen molar-refractivity contribution in [3.8, 4) is 11.5 Å². The summed E-state index contributed by atoms with van der Waals surface area (Å²) in [6.45, 7) is 1.08. The van der Waals surface area contributed by atoms with Gasteiger partial charge < -0.3 is 34.7 Å². The fraction of sp³-hybridized carbons (Fsp3) is 0.387. The maximum atomic E-state index is 15.3. The molecule has 43 heavy (non-hydrogen) atoms. The van der Waals surface area contributed by atoms with Crippen LogP contribution in [-0.4, -0.2) is 61.1 Å². The highest BCUT2D eigenvalue weighted by molar-refractivity contribution is 6.03. The Kier molecular flexibility index (Phi) is 8.67. The number of hydrogen-bond donors (Lipinski definition) is 3. The molecule has 2 heterocycles. The van der Waals surface area contributed by atoms with E-state index < -0.39 is 46.7 Å². The van der Waals surface area contributed by atoms with Crippen molar-refractivity contribution in [3.63, 3.8) is 0 Å². The number of pyridine rings is 1. The molecule has 10 nitrogen and oxygen atoms in total. The number of halogens is 2. The average molecular weight is 597 g/mol. The van der Waals surface area contributed by atoms with E-state index in [2.05, 4.69) is 10.6 Å². The molecule has 3 atom stereocenters. The van der Waals surface area contributed by atoms with Crippen molar-refractivity contribution in [2.24, 2.45) is 0 Å². The van der Waals surface area contributed by atoms with Gasteiger partial charge in [-0.2, -0.15) is 0 Å². The lowest BCUT2D eigenvalue weighted by Gasteiger charge is -2.27. The van der Waals surface area contributed by atoms with Gasteiger partial charge in [0.05, 0.1) is 20.8 Å². The van der Waals surface area contributed by atoms with Gasteiger partial charge in [0, 0.05) is 48.9 Å². The van der Waals surface area contributed by atoms with Gasteiger partial charge >= 0.3 is 6.03 Å². The summed E-state index contributed by atoms with van der Waals surface area (Å²) < 4.78 is 42.2. The zero-order valence-corrected chi connectivity index (χ0v) is 24.2. The Morgan fingerprint density at radius 3 is 2.42 bits per heavy atom. The predicted octanol–water partition coefficient (Wildman–Crippen LogP) is 2.80. The topological polar surface area (TPSA) is 122 Å². The van der Waals surface area contributed by atoms with E-state index in [1.807, 2.05) is 18.2 Å². The first-order valence-corrected chi connectivity index (χ1v) is 14.0. The fourth-order valence-electron chi connectivity index (χ4n) is 6.00. The van der Waals surface area contributed by atoms with Crippen molar-refractivity contribution < 1.29 is 33.0 Å². The SMILES string of the molecule is COc1cc(F)c([C@@H]2CN(c3c(C)ccn(CCO)c3=O)C(=O)[C@H]2NC(=O)NC2CCc3cc(OC)ccc3C2)c(F)c1. The molecule has 2 aromatic carbocycles. The number of amides is 3. The molecule has 1 fully saturated rings. The number of aliphatic hydroxyl groups is 1. The molecule has 0 bridgehead atoms. The number of urea groups is 1. The number of aromatic nitrogens is 1. The molecule has 0 saturated carbocycles. The van der Waals surface area contributed by atoms with Crippen molar-refractivity contribution >= 4 is 17.6 Å². The van der Waals surface area contributed by atoms with Crippen LogP contribution >= 0.6 is 0 Å². The van der Waals surface area contributed by atoms with Gasteiger partial charge in [-0.05, 0) is 61.1 Å². The number of anilines is 1. The highest BCUT2D eigenvalue weighted by Gasteiger charge is 2.46. The number of carbonyl (C=O) groups is 2. The maximum Gasteiger partial charge on any atom is 0.315 e. The minimum absolute atomic E-state index is 0.000686. The zero-order chi connectivity index (χ0) is 30.8. The van der Waals surface area contributed by atoms with Gasteiger partial charge in [0.15, 0.2) is 0 Å². The molecule has 1 aliphatic heterocycles. The molecule has 3 amide bonds. The summed E-state index contributed by atoms with van der Waals surface area (Å²) in [5.41, 5.74) is 1.74. The van der Waals surface area contributed by atoms with Crippen molar-refractivity contribution in [2.45, 2.75) is 50.7 Å². The number of hydrogen-bond acceptors (Lipinski definition) is 6. The molecule has 1 saturated heterocycles. The van der Waals surface area contributed by atoms with Crippen molar-refractivity contribution in [2.75, 3.05) is 32.3 Å². The Hall–Kier alpha value is -4.45. The van der Waals surface area contributed by atoms with Crippen molar-refractivity contribution in [3.05, 3.63) is 86.8 Å². The summed E-state index contributed by atoms with van der Waals surface area (Å²) in [6, 6.07) is 7.16. The molecular weight excluding hydrogens is 562 g/mol. The first kappa shape index (κ1) is 30.0. The van der Waals surface area contributed by atoms with Gasteiger partial charge in [0.2, 0.25) is 0 Å². The second-order valence-electron chi connectivity index (χ2n) is 10.8. The van der Waals surface area contributed by atoms with E-state index in [0.717, 1.165) is 33.9 Å². The lowest BCUT2D eigenvalue weighted by atomic mass is 9.88.